The van der Waals surface area contributed by atoms with Crippen LogP contribution in [0.15, 0.2) is 89.8 Å². The third kappa shape index (κ3) is 8.11. The average molecular weight is 623 g/mol. The number of Topliss-reactive ketones (excluding diaryl/α,β-unsaturated/α-hetero) is 1. The largest absolute Gasteiger partial charge is 0.515 e. The Kier molecular flexibility index (Phi) is 10.5. The average Bonchev–Trinajstić information content (AvgIpc) is 2.99. The summed E-state index contributed by atoms with van der Waals surface area (Å²) in [4.78, 5) is 15.4. The van der Waals surface area contributed by atoms with E-state index in [-0.39, 0.29) is 11.5 Å². The first-order valence-corrected chi connectivity index (χ1v) is 14.0. The quantitative estimate of drug-likeness (QED) is 0.0445. The van der Waals surface area contributed by atoms with E-state index in [2.05, 4.69) is 11.2 Å². The topological polar surface area (TPSA) is 37.4 Å². The summed E-state index contributed by atoms with van der Waals surface area (Å²) in [5.74, 6) is -10.9. The molecule has 43 heavy (non-hydrogen) atoms. The maximum absolute atomic E-state index is 13.7. The van der Waals surface area contributed by atoms with Crippen LogP contribution in [0.3, 0.4) is 0 Å². The van der Waals surface area contributed by atoms with E-state index in [4.69, 9.17) is 0 Å². The first kappa shape index (κ1) is 33.1. The maximum Gasteiger partial charge on any atom is 0.515 e. The highest BCUT2D eigenvalue weighted by Gasteiger charge is 2.38. The van der Waals surface area contributed by atoms with Crippen LogP contribution in [0, 0.1) is 40.3 Å². The molecule has 0 aliphatic rings. The van der Waals surface area contributed by atoms with E-state index < -0.39 is 51.5 Å². The minimum Gasteiger partial charge on any atom is -0.445 e. The molecule has 0 bridgehead atoms. The molecule has 4 rings (SSSR count). The highest BCUT2D eigenvalue weighted by atomic mass is 32.2. The van der Waals surface area contributed by atoms with Crippen LogP contribution >= 0.6 is 0 Å². The van der Waals surface area contributed by atoms with Gasteiger partial charge in [0.15, 0.2) is 33.4 Å². The third-order valence-electron chi connectivity index (χ3n) is 5.87. The van der Waals surface area contributed by atoms with E-state index in [1.165, 1.54) is 0 Å². The van der Waals surface area contributed by atoms with Gasteiger partial charge in [0.1, 0.15) is 11.6 Å². The summed E-state index contributed by atoms with van der Waals surface area (Å²) in [6, 6.07) is 25.7. The molecule has 4 aromatic rings. The number of anilines is 1. The van der Waals surface area contributed by atoms with Gasteiger partial charge in [-0.1, -0.05) is 40.6 Å². The zero-order valence-electron chi connectivity index (χ0n) is 22.6. The van der Waals surface area contributed by atoms with Crippen LogP contribution < -0.4 is 10.4 Å². The highest BCUT2D eigenvalue weighted by Crippen LogP contribution is 2.23. The molecule has 3 nitrogen and oxygen atoms in total. The van der Waals surface area contributed by atoms with Gasteiger partial charge in [-0.05, 0) is 59.9 Å². The fourth-order valence-corrected chi connectivity index (χ4v) is 5.38. The van der Waals surface area contributed by atoms with Gasteiger partial charge in [0.05, 0.1) is 0 Å². The fourth-order valence-electron chi connectivity index (χ4n) is 3.60. The number of hydrogen-bond acceptors (Lipinski definition) is 3. The van der Waals surface area contributed by atoms with Crippen molar-refractivity contribution in [2.75, 3.05) is 24.7 Å². The first-order chi connectivity index (χ1) is 20.2. The molecule has 1 atom stereocenters. The Morgan fingerprint density at radius 2 is 1.19 bits per heavy atom. The van der Waals surface area contributed by atoms with Crippen LogP contribution in [-0.2, 0) is 14.1 Å². The maximum atomic E-state index is 13.7. The number of carbonyl (C=O) groups excluding carboxylic acids is 1. The third-order valence-corrected chi connectivity index (χ3v) is 8.00. The van der Waals surface area contributed by atoms with Crippen LogP contribution in [0.25, 0.3) is 0 Å². The minimum absolute atomic E-state index is 0.141. The lowest BCUT2D eigenvalue weighted by Crippen LogP contribution is -2.41. The Bertz CT molecular complexity index is 1670. The number of nitrogens with zero attached hydrogens (tertiary/aromatic N) is 1. The predicted molar refractivity (Wildman–Crippen MR) is 151 cm³/mol. The van der Waals surface area contributed by atoms with Crippen LogP contribution in [0.2, 0.25) is 0 Å². The van der Waals surface area contributed by atoms with E-state index >= 15 is 0 Å². The first-order valence-electron chi connectivity index (χ1n) is 12.3. The van der Waals surface area contributed by atoms with Crippen LogP contribution in [0.4, 0.5) is 40.6 Å². The summed E-state index contributed by atoms with van der Waals surface area (Å²) in [6.07, 6.45) is 0. The second kappa shape index (κ2) is 13.7. The lowest BCUT2D eigenvalue weighted by molar-refractivity contribution is 0.102. The number of halogens is 8. The molecule has 0 spiro atoms. The van der Waals surface area contributed by atoms with E-state index in [9.17, 15) is 43.9 Å². The van der Waals surface area contributed by atoms with E-state index in [0.29, 0.717) is 10.5 Å². The highest BCUT2D eigenvalue weighted by molar-refractivity contribution is 8.07. The summed E-state index contributed by atoms with van der Waals surface area (Å²) in [7, 11) is 1.02. The Morgan fingerprint density at radius 1 is 0.721 bits per heavy atom. The van der Waals surface area contributed by atoms with E-state index in [0.717, 1.165) is 11.3 Å². The van der Waals surface area contributed by atoms with Gasteiger partial charge >= 0.3 is 6.98 Å². The lowest BCUT2D eigenvalue weighted by Gasteiger charge is -2.17. The zero-order chi connectivity index (χ0) is 31.9. The number of carbonyl (C=O) groups is 1. The lowest BCUT2D eigenvalue weighted by atomic mass is 9.79. The summed E-state index contributed by atoms with van der Waals surface area (Å²) >= 11 is 0. The molecule has 4 aromatic carbocycles. The van der Waals surface area contributed by atoms with Crippen LogP contribution in [0.1, 0.15) is 15.9 Å². The molecule has 0 saturated carbocycles. The van der Waals surface area contributed by atoms with Crippen molar-refractivity contribution >= 4 is 33.8 Å². The molecule has 0 radical (unpaired) electrons. The molecule has 1 unspecified atom stereocenters. The second-order valence-corrected chi connectivity index (χ2v) is 11.5. The number of hydrogen-bond donors (Lipinski definition) is 0. The van der Waals surface area contributed by atoms with Gasteiger partial charge in [-0.2, -0.15) is 0 Å². The zero-order valence-corrected chi connectivity index (χ0v) is 23.4. The molecule has 0 aliphatic heterocycles. The second-order valence-electron chi connectivity index (χ2n) is 9.15. The van der Waals surface area contributed by atoms with Gasteiger partial charge in [0.25, 0.3) is 0 Å². The van der Waals surface area contributed by atoms with Gasteiger partial charge in [0, 0.05) is 30.9 Å². The van der Waals surface area contributed by atoms with Crippen molar-refractivity contribution < 1.29 is 43.9 Å². The summed E-state index contributed by atoms with van der Waals surface area (Å²) in [5.41, 5.74) is -0.416. The molecular formula is C30H22BF8NO2S. The molecule has 0 aromatic heterocycles. The summed E-state index contributed by atoms with van der Waals surface area (Å²) in [5, 5.41) is 2.91. The van der Waals surface area contributed by atoms with Gasteiger partial charge in [-0.15, -0.1) is 0 Å². The van der Waals surface area contributed by atoms with E-state index in [1.807, 2.05) is 79.7 Å². The molecule has 0 aliphatic carbocycles. The van der Waals surface area contributed by atoms with Crippen molar-refractivity contribution in [2.24, 2.45) is 0 Å². The minimum atomic E-state index is -6.30. The van der Waals surface area contributed by atoms with Crippen molar-refractivity contribution in [3.8, 4) is 11.2 Å². The molecular weight excluding hydrogens is 601 g/mol. The van der Waals surface area contributed by atoms with Crippen molar-refractivity contribution in [2.45, 2.75) is 4.90 Å². The predicted octanol–water partition coefficient (Wildman–Crippen LogP) is 6.94. The van der Waals surface area contributed by atoms with Crippen LogP contribution in [-0.4, -0.2) is 32.6 Å². The Hall–Kier alpha value is -4.44. The Labute approximate surface area is 243 Å². The van der Waals surface area contributed by atoms with Gasteiger partial charge in [-0.25, -0.2) is 22.0 Å². The number of ketones is 1. The fraction of sp³-hybridized carbons (Fsp3) is 0.100. The molecule has 224 valence electrons. The SMILES string of the molecule is CN(C)c1ccc(C(=O)C[S+](=O)(C#Cc2ccccc2)c2ccccc2)cc1.Fc1c(F)c(F)c([B-](F)(F)F)c(F)c1F. The summed E-state index contributed by atoms with van der Waals surface area (Å²) in [6.45, 7) is -6.30. The van der Waals surface area contributed by atoms with Crippen molar-refractivity contribution in [3.05, 3.63) is 125 Å². The molecule has 0 N–H and O–H groups in total. The van der Waals surface area contributed by atoms with E-state index in [1.54, 1.807) is 24.3 Å². The number of rotatable bonds is 6. The number of benzene rings is 4. The Balaban J connectivity index is 0.000000285. The molecule has 13 heteroatoms. The van der Waals surface area contributed by atoms with Crippen molar-refractivity contribution in [3.63, 3.8) is 0 Å². The molecule has 0 amide bonds. The van der Waals surface area contributed by atoms with Crippen LogP contribution in [0.5, 0.6) is 0 Å². The molecule has 0 heterocycles. The van der Waals surface area contributed by atoms with Gasteiger partial charge in [0.2, 0.25) is 15.7 Å². The van der Waals surface area contributed by atoms with Gasteiger partial charge < -0.3 is 17.8 Å². The van der Waals surface area contributed by atoms with Crippen molar-refractivity contribution in [1.82, 2.24) is 0 Å². The normalized spacial score (nSPS) is 12.2. The van der Waals surface area contributed by atoms with Crippen molar-refractivity contribution in [1.29, 1.82) is 0 Å². The Morgan fingerprint density at radius 3 is 1.65 bits per heavy atom. The van der Waals surface area contributed by atoms with Gasteiger partial charge in [-0.3, -0.25) is 4.79 Å². The molecule has 0 saturated heterocycles. The standard InChI is InChI=1S/C24H22NO2S.C6BF8/c1-25(2)22-15-13-21(14-16-22)24(26)19-28(27,23-11-7-4-8-12-23)18-17-20-9-5-3-6-10-20;8-2-1(7(13,14)15)3(9)5(11)6(12)4(2)10/h3-16H,19H2,1-2H3;/q+1;-1. The monoisotopic (exact) mass is 623 g/mol. The molecule has 0 fully saturated rings. The smallest absolute Gasteiger partial charge is 0.445 e. The summed E-state index contributed by atoms with van der Waals surface area (Å²) < 4.78 is 111.